The first-order valence-electron chi connectivity index (χ1n) is 6.97. The number of ether oxygens (including phenoxy) is 1. The molecule has 0 radical (unpaired) electrons. The molecule has 1 aromatic heterocycles. The van der Waals surface area contributed by atoms with E-state index in [2.05, 4.69) is 18.9 Å². The van der Waals surface area contributed by atoms with Crippen LogP contribution in [0, 0.1) is 5.92 Å². The van der Waals surface area contributed by atoms with Gasteiger partial charge in [-0.05, 0) is 31.6 Å². The number of aryl methyl sites for hydroxylation is 1. The van der Waals surface area contributed by atoms with Crippen LogP contribution in [0.2, 0.25) is 0 Å². The van der Waals surface area contributed by atoms with Crippen LogP contribution >= 0.6 is 0 Å². The van der Waals surface area contributed by atoms with Crippen molar-refractivity contribution in [2.45, 2.75) is 58.1 Å². The third-order valence-corrected chi connectivity index (χ3v) is 4.07. The molecule has 1 aliphatic rings. The van der Waals surface area contributed by atoms with Gasteiger partial charge >= 0.3 is 0 Å². The fourth-order valence-electron chi connectivity index (χ4n) is 3.06. The zero-order chi connectivity index (χ0) is 13.2. The number of rotatable bonds is 5. The molecular weight excluding hydrogens is 228 g/mol. The normalized spacial score (nSPS) is 27.7. The average Bonchev–Trinajstić information content (AvgIpc) is 2.94. The number of nitrogens with zero attached hydrogens (tertiary/aromatic N) is 2. The van der Waals surface area contributed by atoms with Gasteiger partial charge in [-0.25, -0.2) is 0 Å². The van der Waals surface area contributed by atoms with Crippen LogP contribution in [0.4, 0.5) is 0 Å². The third kappa shape index (κ3) is 2.26. The minimum absolute atomic E-state index is 0.615. The minimum atomic E-state index is -0.752. The van der Waals surface area contributed by atoms with E-state index < -0.39 is 5.60 Å². The fourth-order valence-corrected chi connectivity index (χ4v) is 3.06. The molecule has 0 aromatic carbocycles. The number of hydrogen-bond donors (Lipinski definition) is 1. The molecule has 1 heterocycles. The summed E-state index contributed by atoms with van der Waals surface area (Å²) in [4.78, 5) is 0. The van der Waals surface area contributed by atoms with Crippen LogP contribution in [0.25, 0.3) is 0 Å². The molecule has 2 atom stereocenters. The Balaban J connectivity index is 2.33. The van der Waals surface area contributed by atoms with Crippen LogP contribution in [-0.4, -0.2) is 22.0 Å². The lowest BCUT2D eigenvalue weighted by molar-refractivity contribution is 0.0279. The molecule has 0 amide bonds. The van der Waals surface area contributed by atoms with E-state index in [0.717, 1.165) is 50.1 Å². The molecule has 1 fully saturated rings. The first-order chi connectivity index (χ1) is 8.64. The molecule has 1 N–H and O–H groups in total. The van der Waals surface area contributed by atoms with Crippen molar-refractivity contribution in [3.8, 4) is 5.75 Å². The molecule has 4 heteroatoms. The highest BCUT2D eigenvalue weighted by molar-refractivity contribution is 5.31. The van der Waals surface area contributed by atoms with Crippen molar-refractivity contribution in [2.75, 3.05) is 7.11 Å². The number of methoxy groups -OCH3 is 1. The van der Waals surface area contributed by atoms with Crippen LogP contribution in [0.3, 0.4) is 0 Å². The molecule has 0 spiro atoms. The van der Waals surface area contributed by atoms with Crippen molar-refractivity contribution in [3.05, 3.63) is 11.9 Å². The molecule has 0 aliphatic heterocycles. The Bertz CT molecular complexity index is 402. The summed E-state index contributed by atoms with van der Waals surface area (Å²) in [5.74, 6) is 1.34. The smallest absolute Gasteiger partial charge is 0.162 e. The summed E-state index contributed by atoms with van der Waals surface area (Å²) in [7, 11) is 1.65. The molecular formula is C14H24N2O2. The van der Waals surface area contributed by atoms with Crippen molar-refractivity contribution in [2.24, 2.45) is 5.92 Å². The van der Waals surface area contributed by atoms with Crippen molar-refractivity contribution < 1.29 is 9.84 Å². The predicted octanol–water partition coefficient (Wildman–Crippen LogP) is 2.70. The lowest BCUT2D eigenvalue weighted by atomic mass is 9.94. The van der Waals surface area contributed by atoms with Gasteiger partial charge in [-0.2, -0.15) is 5.10 Å². The lowest BCUT2D eigenvalue weighted by Gasteiger charge is -2.25. The summed E-state index contributed by atoms with van der Waals surface area (Å²) in [6.07, 6.45) is 6.60. The van der Waals surface area contributed by atoms with E-state index in [4.69, 9.17) is 4.74 Å². The monoisotopic (exact) mass is 252 g/mol. The Labute approximate surface area is 109 Å². The zero-order valence-electron chi connectivity index (χ0n) is 11.6. The molecule has 1 aliphatic carbocycles. The second-order valence-corrected chi connectivity index (χ2v) is 5.33. The van der Waals surface area contributed by atoms with E-state index in [-0.39, 0.29) is 0 Å². The minimum Gasteiger partial charge on any atom is -0.493 e. The van der Waals surface area contributed by atoms with E-state index in [1.807, 2.05) is 4.68 Å². The summed E-state index contributed by atoms with van der Waals surface area (Å²) in [6.45, 7) is 5.14. The summed E-state index contributed by atoms with van der Waals surface area (Å²) in [6, 6.07) is 0. The van der Waals surface area contributed by atoms with E-state index in [1.165, 1.54) is 0 Å². The molecule has 0 saturated heterocycles. The Kier molecular flexibility index (Phi) is 3.95. The SMILES string of the molecule is CCCn1ncc(OC)c1C1(O)CCC(CC)C1. The fraction of sp³-hybridized carbons (Fsp3) is 0.786. The molecule has 0 bridgehead atoms. The topological polar surface area (TPSA) is 47.3 Å². The first kappa shape index (κ1) is 13.4. The maximum atomic E-state index is 10.9. The summed E-state index contributed by atoms with van der Waals surface area (Å²) >= 11 is 0. The highest BCUT2D eigenvalue weighted by Crippen LogP contribution is 2.46. The second-order valence-electron chi connectivity index (χ2n) is 5.33. The van der Waals surface area contributed by atoms with E-state index in [9.17, 15) is 5.11 Å². The van der Waals surface area contributed by atoms with Gasteiger partial charge in [0.15, 0.2) is 5.75 Å². The average molecular weight is 252 g/mol. The number of aromatic nitrogens is 2. The van der Waals surface area contributed by atoms with Gasteiger partial charge in [-0.15, -0.1) is 0 Å². The number of hydrogen-bond acceptors (Lipinski definition) is 3. The van der Waals surface area contributed by atoms with Gasteiger partial charge in [0, 0.05) is 6.54 Å². The highest BCUT2D eigenvalue weighted by Gasteiger charge is 2.42. The summed E-state index contributed by atoms with van der Waals surface area (Å²) < 4.78 is 7.29. The van der Waals surface area contributed by atoms with Gasteiger partial charge in [-0.1, -0.05) is 20.3 Å². The van der Waals surface area contributed by atoms with Gasteiger partial charge in [0.1, 0.15) is 11.3 Å². The molecule has 2 unspecified atom stereocenters. The summed E-state index contributed by atoms with van der Waals surface area (Å²) in [5, 5.41) is 15.3. The van der Waals surface area contributed by atoms with Gasteiger partial charge in [0.2, 0.25) is 0 Å². The molecule has 1 saturated carbocycles. The van der Waals surface area contributed by atoms with Gasteiger partial charge in [0.25, 0.3) is 0 Å². The second kappa shape index (κ2) is 5.31. The molecule has 1 aromatic rings. The van der Waals surface area contributed by atoms with E-state index in [0.29, 0.717) is 5.92 Å². The van der Waals surface area contributed by atoms with Crippen molar-refractivity contribution in [3.63, 3.8) is 0 Å². The Morgan fingerprint density at radius 2 is 2.33 bits per heavy atom. The Morgan fingerprint density at radius 3 is 2.89 bits per heavy atom. The maximum absolute atomic E-state index is 10.9. The first-order valence-corrected chi connectivity index (χ1v) is 6.97. The van der Waals surface area contributed by atoms with Crippen LogP contribution in [-0.2, 0) is 12.1 Å². The number of aliphatic hydroxyl groups is 1. The highest BCUT2D eigenvalue weighted by atomic mass is 16.5. The molecule has 2 rings (SSSR count). The van der Waals surface area contributed by atoms with Gasteiger partial charge in [-0.3, -0.25) is 4.68 Å². The Hall–Kier alpha value is -1.03. The van der Waals surface area contributed by atoms with Crippen LogP contribution in [0.1, 0.15) is 51.6 Å². The predicted molar refractivity (Wildman–Crippen MR) is 70.6 cm³/mol. The van der Waals surface area contributed by atoms with Crippen molar-refractivity contribution >= 4 is 0 Å². The standard InChI is InChI=1S/C14H24N2O2/c1-4-8-16-13(12(18-3)10-15-16)14(17)7-6-11(5-2)9-14/h10-11,17H,4-9H2,1-3H3. The largest absolute Gasteiger partial charge is 0.493 e. The van der Waals surface area contributed by atoms with Gasteiger partial charge in [0.05, 0.1) is 13.3 Å². The van der Waals surface area contributed by atoms with Crippen LogP contribution < -0.4 is 4.74 Å². The van der Waals surface area contributed by atoms with Gasteiger partial charge < -0.3 is 9.84 Å². The van der Waals surface area contributed by atoms with E-state index in [1.54, 1.807) is 13.3 Å². The molecule has 18 heavy (non-hydrogen) atoms. The van der Waals surface area contributed by atoms with Crippen molar-refractivity contribution in [1.82, 2.24) is 9.78 Å². The summed E-state index contributed by atoms with van der Waals surface area (Å²) in [5.41, 5.74) is 0.125. The molecule has 4 nitrogen and oxygen atoms in total. The van der Waals surface area contributed by atoms with E-state index >= 15 is 0 Å². The molecule has 102 valence electrons. The Morgan fingerprint density at radius 1 is 1.56 bits per heavy atom. The third-order valence-electron chi connectivity index (χ3n) is 4.07. The van der Waals surface area contributed by atoms with Crippen molar-refractivity contribution in [1.29, 1.82) is 0 Å². The lowest BCUT2D eigenvalue weighted by Crippen LogP contribution is -2.27. The maximum Gasteiger partial charge on any atom is 0.162 e. The van der Waals surface area contributed by atoms with Crippen LogP contribution in [0.15, 0.2) is 6.20 Å². The quantitative estimate of drug-likeness (QED) is 0.876. The zero-order valence-corrected chi connectivity index (χ0v) is 11.6. The van der Waals surface area contributed by atoms with Crippen LogP contribution in [0.5, 0.6) is 5.75 Å².